The average Bonchev–Trinajstić information content (AvgIpc) is 2.65. The van der Waals surface area contributed by atoms with Crippen LogP contribution in [0.2, 0.25) is 0 Å². The van der Waals surface area contributed by atoms with E-state index >= 15 is 0 Å². The third-order valence-electron chi connectivity index (χ3n) is 4.52. The number of aryl methyl sites for hydroxylation is 4. The predicted molar refractivity (Wildman–Crippen MR) is 108 cm³/mol. The van der Waals surface area contributed by atoms with Crippen molar-refractivity contribution in [1.82, 2.24) is 0 Å². The van der Waals surface area contributed by atoms with Gasteiger partial charge >= 0.3 is 0 Å². The maximum absolute atomic E-state index is 9.50. The van der Waals surface area contributed by atoms with Gasteiger partial charge in [-0.25, -0.2) is 0 Å². The molecular weight excluding hydrogens is 360 g/mol. The lowest BCUT2D eigenvalue weighted by atomic mass is 9.96. The first-order valence-electron chi connectivity index (χ1n) is 9.33. The highest BCUT2D eigenvalue weighted by atomic mass is 16.5. The molecule has 0 aliphatic rings. The molecule has 0 saturated heterocycles. The monoisotopic (exact) mass is 390 g/mol. The molecule has 0 radical (unpaired) electrons. The minimum atomic E-state index is -0.902. The Balaban J connectivity index is 2.27. The van der Waals surface area contributed by atoms with E-state index < -0.39 is 12.2 Å². The number of benzene rings is 2. The van der Waals surface area contributed by atoms with Gasteiger partial charge in [-0.05, 0) is 85.3 Å². The molecule has 0 aromatic heterocycles. The van der Waals surface area contributed by atoms with Crippen LogP contribution in [0.15, 0.2) is 24.3 Å². The Morgan fingerprint density at radius 2 is 0.929 bits per heavy atom. The smallest absolute Gasteiger partial charge is 0.125 e. The van der Waals surface area contributed by atoms with E-state index in [-0.39, 0.29) is 26.4 Å². The van der Waals surface area contributed by atoms with Gasteiger partial charge in [-0.1, -0.05) is 0 Å². The molecule has 4 N–H and O–H groups in total. The minimum absolute atomic E-state index is 0.0431. The van der Waals surface area contributed by atoms with Crippen LogP contribution in [0.4, 0.5) is 0 Å². The molecule has 6 heteroatoms. The SMILES string of the molecule is Cc1cc(-c2cc(C)c(OCC(O)CO)c(C)c2)cc(C)c1OCC(O)CO. The van der Waals surface area contributed by atoms with Crippen LogP contribution in [0.5, 0.6) is 11.5 Å². The minimum Gasteiger partial charge on any atom is -0.490 e. The summed E-state index contributed by atoms with van der Waals surface area (Å²) in [4.78, 5) is 0. The third kappa shape index (κ3) is 5.45. The second-order valence-corrected chi connectivity index (χ2v) is 7.17. The third-order valence-corrected chi connectivity index (χ3v) is 4.52. The van der Waals surface area contributed by atoms with Crippen LogP contribution in [0, 0.1) is 27.7 Å². The molecule has 0 aliphatic heterocycles. The van der Waals surface area contributed by atoms with Gasteiger partial charge in [-0.2, -0.15) is 0 Å². The highest BCUT2D eigenvalue weighted by molar-refractivity contribution is 5.70. The quantitative estimate of drug-likeness (QED) is 0.523. The van der Waals surface area contributed by atoms with E-state index in [2.05, 4.69) is 0 Å². The van der Waals surface area contributed by atoms with Crippen LogP contribution in [-0.4, -0.2) is 59.1 Å². The number of ether oxygens (including phenoxy) is 2. The summed E-state index contributed by atoms with van der Waals surface area (Å²) in [6.45, 7) is 7.21. The van der Waals surface area contributed by atoms with Crippen LogP contribution in [0.25, 0.3) is 11.1 Å². The summed E-state index contributed by atoms with van der Waals surface area (Å²) < 4.78 is 11.3. The lowest BCUT2D eigenvalue weighted by Crippen LogP contribution is -2.21. The molecule has 0 heterocycles. The largest absolute Gasteiger partial charge is 0.490 e. The Labute approximate surface area is 166 Å². The molecule has 2 unspecified atom stereocenters. The maximum Gasteiger partial charge on any atom is 0.125 e. The molecule has 0 fully saturated rings. The fourth-order valence-corrected chi connectivity index (χ4v) is 3.15. The van der Waals surface area contributed by atoms with Gasteiger partial charge < -0.3 is 29.9 Å². The highest BCUT2D eigenvalue weighted by Gasteiger charge is 2.13. The number of rotatable bonds is 9. The zero-order valence-corrected chi connectivity index (χ0v) is 16.9. The van der Waals surface area contributed by atoms with E-state index in [4.69, 9.17) is 19.7 Å². The van der Waals surface area contributed by atoms with Gasteiger partial charge in [-0.15, -0.1) is 0 Å². The van der Waals surface area contributed by atoms with E-state index in [0.29, 0.717) is 11.5 Å². The summed E-state index contributed by atoms with van der Waals surface area (Å²) in [6, 6.07) is 8.10. The zero-order valence-electron chi connectivity index (χ0n) is 16.9. The molecule has 0 bridgehead atoms. The molecule has 0 spiro atoms. The molecule has 2 aromatic rings. The van der Waals surface area contributed by atoms with Crippen LogP contribution >= 0.6 is 0 Å². The van der Waals surface area contributed by atoms with Gasteiger partial charge in [0, 0.05) is 0 Å². The molecule has 0 aliphatic carbocycles. The first-order chi connectivity index (χ1) is 13.3. The molecule has 154 valence electrons. The second kappa shape index (κ2) is 9.89. The molecule has 2 rings (SSSR count). The van der Waals surface area contributed by atoms with Crippen molar-refractivity contribution in [2.24, 2.45) is 0 Å². The molecule has 28 heavy (non-hydrogen) atoms. The van der Waals surface area contributed by atoms with Gasteiger partial charge in [0.1, 0.15) is 36.9 Å². The lowest BCUT2D eigenvalue weighted by molar-refractivity contribution is 0.0531. The Hall–Kier alpha value is -2.12. The molecule has 2 aromatic carbocycles. The molecular formula is C22H30O6. The van der Waals surface area contributed by atoms with E-state index in [1.807, 2.05) is 52.0 Å². The number of hydrogen-bond donors (Lipinski definition) is 4. The van der Waals surface area contributed by atoms with E-state index in [1.165, 1.54) is 0 Å². The summed E-state index contributed by atoms with van der Waals surface area (Å²) >= 11 is 0. The van der Waals surface area contributed by atoms with Crippen molar-refractivity contribution in [1.29, 1.82) is 0 Å². The standard InChI is InChI=1S/C22H30O6/c1-13-5-17(6-14(2)21(13)27-11-19(25)9-23)18-7-15(3)22(16(4)8-18)28-12-20(26)10-24/h5-8,19-20,23-26H,9-12H2,1-4H3. The summed E-state index contributed by atoms with van der Waals surface area (Å²) in [5, 5.41) is 36.9. The first kappa shape index (κ1) is 22.2. The highest BCUT2D eigenvalue weighted by Crippen LogP contribution is 2.34. The van der Waals surface area contributed by atoms with Crippen LogP contribution in [0.1, 0.15) is 22.3 Å². The van der Waals surface area contributed by atoms with Crippen molar-refractivity contribution in [2.45, 2.75) is 39.9 Å². The van der Waals surface area contributed by atoms with Crippen LogP contribution in [0.3, 0.4) is 0 Å². The first-order valence-corrected chi connectivity index (χ1v) is 9.33. The van der Waals surface area contributed by atoms with Crippen molar-refractivity contribution in [3.8, 4) is 22.6 Å². The van der Waals surface area contributed by atoms with Crippen LogP contribution in [-0.2, 0) is 0 Å². The van der Waals surface area contributed by atoms with Crippen LogP contribution < -0.4 is 9.47 Å². The van der Waals surface area contributed by atoms with Crippen molar-refractivity contribution < 1.29 is 29.9 Å². The van der Waals surface area contributed by atoms with Crippen molar-refractivity contribution >= 4 is 0 Å². The van der Waals surface area contributed by atoms with E-state index in [0.717, 1.165) is 33.4 Å². The number of aliphatic hydroxyl groups is 4. The van der Waals surface area contributed by atoms with Gasteiger partial charge in [0.25, 0.3) is 0 Å². The van der Waals surface area contributed by atoms with Gasteiger partial charge in [0.2, 0.25) is 0 Å². The zero-order chi connectivity index (χ0) is 20.8. The second-order valence-electron chi connectivity index (χ2n) is 7.17. The predicted octanol–water partition coefficient (Wildman–Crippen LogP) is 2.05. The molecule has 0 saturated carbocycles. The van der Waals surface area contributed by atoms with Crippen molar-refractivity contribution in [3.05, 3.63) is 46.5 Å². The van der Waals surface area contributed by atoms with Gasteiger partial charge in [0.15, 0.2) is 0 Å². The van der Waals surface area contributed by atoms with E-state index in [9.17, 15) is 10.2 Å². The fraction of sp³-hybridized carbons (Fsp3) is 0.455. The van der Waals surface area contributed by atoms with Gasteiger partial charge in [0.05, 0.1) is 13.2 Å². The number of hydrogen-bond acceptors (Lipinski definition) is 6. The van der Waals surface area contributed by atoms with Gasteiger partial charge in [-0.3, -0.25) is 0 Å². The average molecular weight is 390 g/mol. The summed E-state index contributed by atoms with van der Waals surface area (Å²) in [5.41, 5.74) is 5.86. The Morgan fingerprint density at radius 3 is 1.18 bits per heavy atom. The summed E-state index contributed by atoms with van der Waals surface area (Å²) in [5.74, 6) is 1.42. The van der Waals surface area contributed by atoms with Crippen molar-refractivity contribution in [3.63, 3.8) is 0 Å². The Morgan fingerprint density at radius 1 is 0.643 bits per heavy atom. The fourth-order valence-electron chi connectivity index (χ4n) is 3.15. The Bertz CT molecular complexity index is 688. The molecule has 6 nitrogen and oxygen atoms in total. The Kier molecular flexibility index (Phi) is 7.83. The maximum atomic E-state index is 9.50. The molecule has 2 atom stereocenters. The van der Waals surface area contributed by atoms with Crippen molar-refractivity contribution in [2.75, 3.05) is 26.4 Å². The summed E-state index contributed by atoms with van der Waals surface area (Å²) in [6.07, 6.45) is -1.80. The lowest BCUT2D eigenvalue weighted by Gasteiger charge is -2.18. The molecule has 0 amide bonds. The van der Waals surface area contributed by atoms with E-state index in [1.54, 1.807) is 0 Å². The normalized spacial score (nSPS) is 13.3. The topological polar surface area (TPSA) is 99.4 Å². The number of aliphatic hydroxyl groups excluding tert-OH is 4. The summed E-state index contributed by atoms with van der Waals surface area (Å²) in [7, 11) is 0.